The lowest BCUT2D eigenvalue weighted by molar-refractivity contribution is -0.132. The van der Waals surface area contributed by atoms with Gasteiger partial charge in [0.1, 0.15) is 0 Å². The Kier molecular flexibility index (Phi) is 5.26. The summed E-state index contributed by atoms with van der Waals surface area (Å²) in [7, 11) is 0. The van der Waals surface area contributed by atoms with Crippen molar-refractivity contribution >= 4 is 5.91 Å². The van der Waals surface area contributed by atoms with Gasteiger partial charge in [0.2, 0.25) is 5.91 Å². The lowest BCUT2D eigenvalue weighted by atomic mass is 9.87. The van der Waals surface area contributed by atoms with Gasteiger partial charge in [0.25, 0.3) is 0 Å². The molecule has 2 aromatic rings. The summed E-state index contributed by atoms with van der Waals surface area (Å²) in [5.41, 5.74) is 2.88. The third-order valence-electron chi connectivity index (χ3n) is 4.81. The summed E-state index contributed by atoms with van der Waals surface area (Å²) < 4.78 is 0. The van der Waals surface area contributed by atoms with Crippen molar-refractivity contribution < 1.29 is 9.90 Å². The van der Waals surface area contributed by atoms with Crippen LogP contribution >= 0.6 is 0 Å². The average Bonchev–Trinajstić information content (AvgIpc) is 2.64. The maximum atomic E-state index is 12.4. The molecule has 0 aliphatic carbocycles. The largest absolute Gasteiger partial charge is 0.388 e. The third kappa shape index (κ3) is 4.01. The number of piperidine rings is 1. The van der Waals surface area contributed by atoms with Crippen LogP contribution in [0.15, 0.2) is 48.7 Å². The molecular weight excluding hydrogens is 300 g/mol. The summed E-state index contributed by atoms with van der Waals surface area (Å²) in [4.78, 5) is 18.6. The minimum Gasteiger partial charge on any atom is -0.388 e. The number of likely N-dealkylation sites (tertiary alicyclic amines) is 1. The highest BCUT2D eigenvalue weighted by Gasteiger charge is 2.28. The van der Waals surface area contributed by atoms with Crippen molar-refractivity contribution in [1.29, 1.82) is 0 Å². The summed E-state index contributed by atoms with van der Waals surface area (Å²) in [5.74, 6) is 0.366. The Morgan fingerprint density at radius 3 is 2.54 bits per heavy atom. The van der Waals surface area contributed by atoms with Crippen molar-refractivity contribution in [3.8, 4) is 0 Å². The summed E-state index contributed by atoms with van der Waals surface area (Å²) in [6.45, 7) is 3.37. The molecule has 1 saturated heterocycles. The van der Waals surface area contributed by atoms with Crippen molar-refractivity contribution in [2.45, 2.75) is 32.3 Å². The van der Waals surface area contributed by atoms with Crippen molar-refractivity contribution in [2.24, 2.45) is 5.92 Å². The van der Waals surface area contributed by atoms with Crippen LogP contribution in [0.2, 0.25) is 0 Å². The molecule has 0 spiro atoms. The van der Waals surface area contributed by atoms with Crippen molar-refractivity contribution in [1.82, 2.24) is 9.88 Å². The van der Waals surface area contributed by atoms with E-state index in [2.05, 4.69) is 4.98 Å². The van der Waals surface area contributed by atoms with E-state index in [9.17, 15) is 9.90 Å². The van der Waals surface area contributed by atoms with Gasteiger partial charge in [-0.15, -0.1) is 0 Å². The smallest absolute Gasteiger partial charge is 0.227 e. The molecule has 0 radical (unpaired) electrons. The number of rotatable bonds is 4. The van der Waals surface area contributed by atoms with Gasteiger partial charge in [-0.2, -0.15) is 0 Å². The highest BCUT2D eigenvalue weighted by molar-refractivity contribution is 5.78. The van der Waals surface area contributed by atoms with Crippen LogP contribution in [0, 0.1) is 12.8 Å². The molecule has 1 fully saturated rings. The van der Waals surface area contributed by atoms with Crippen LogP contribution in [0.4, 0.5) is 0 Å². The average molecular weight is 324 g/mol. The fourth-order valence-electron chi connectivity index (χ4n) is 3.28. The van der Waals surface area contributed by atoms with Crippen LogP contribution in [-0.2, 0) is 11.2 Å². The normalized spacial score (nSPS) is 16.8. The molecule has 1 amide bonds. The Morgan fingerprint density at radius 2 is 1.92 bits per heavy atom. The van der Waals surface area contributed by atoms with Gasteiger partial charge in [-0.3, -0.25) is 9.78 Å². The molecule has 0 saturated carbocycles. The highest BCUT2D eigenvalue weighted by Crippen LogP contribution is 2.30. The maximum Gasteiger partial charge on any atom is 0.227 e. The van der Waals surface area contributed by atoms with Crippen LogP contribution in [0.25, 0.3) is 0 Å². The molecule has 0 unspecified atom stereocenters. The molecule has 1 aliphatic rings. The molecule has 4 nitrogen and oxygen atoms in total. The Balaban J connectivity index is 1.53. The molecule has 1 aliphatic heterocycles. The number of benzene rings is 1. The number of aryl methyl sites for hydroxylation is 1. The van der Waals surface area contributed by atoms with E-state index < -0.39 is 6.10 Å². The Bertz CT molecular complexity index is 662. The number of carbonyl (C=O) groups excluding carboxylic acids is 1. The van der Waals surface area contributed by atoms with E-state index >= 15 is 0 Å². The predicted octanol–water partition coefficient (Wildman–Crippen LogP) is 2.90. The second-order valence-corrected chi connectivity index (χ2v) is 6.56. The van der Waals surface area contributed by atoms with Crippen LogP contribution in [0.3, 0.4) is 0 Å². The van der Waals surface area contributed by atoms with Crippen LogP contribution < -0.4 is 0 Å². The fourth-order valence-corrected chi connectivity index (χ4v) is 3.28. The molecule has 3 rings (SSSR count). The zero-order valence-corrected chi connectivity index (χ0v) is 14.1. The maximum absolute atomic E-state index is 12.4. The second kappa shape index (κ2) is 7.58. The summed E-state index contributed by atoms with van der Waals surface area (Å²) >= 11 is 0. The minimum absolute atomic E-state index is 0.147. The van der Waals surface area contributed by atoms with Crippen LogP contribution in [0.1, 0.15) is 35.8 Å². The molecule has 1 N–H and O–H groups in total. The lowest BCUT2D eigenvalue weighted by Gasteiger charge is -2.34. The van der Waals surface area contributed by atoms with Crippen molar-refractivity contribution in [2.75, 3.05) is 13.1 Å². The number of aliphatic hydroxyl groups excluding tert-OH is 1. The van der Waals surface area contributed by atoms with Gasteiger partial charge in [0, 0.05) is 25.0 Å². The van der Waals surface area contributed by atoms with E-state index in [1.807, 2.05) is 54.3 Å². The van der Waals surface area contributed by atoms with Crippen LogP contribution in [0.5, 0.6) is 0 Å². The number of amides is 1. The summed E-state index contributed by atoms with van der Waals surface area (Å²) in [5, 5.41) is 10.5. The molecular formula is C20H24N2O2. The SMILES string of the molecule is Cc1ccc(CC(=O)N2CCC([C@H](O)c3ccccc3)CC2)cn1. The van der Waals surface area contributed by atoms with Crippen molar-refractivity contribution in [3.05, 3.63) is 65.5 Å². The Hall–Kier alpha value is -2.20. The first-order valence-corrected chi connectivity index (χ1v) is 8.56. The van der Waals surface area contributed by atoms with E-state index in [-0.39, 0.29) is 11.8 Å². The number of hydrogen-bond acceptors (Lipinski definition) is 3. The summed E-state index contributed by atoms with van der Waals surface area (Å²) in [6, 6.07) is 13.7. The van der Waals surface area contributed by atoms with Gasteiger partial charge >= 0.3 is 0 Å². The molecule has 24 heavy (non-hydrogen) atoms. The zero-order chi connectivity index (χ0) is 16.9. The number of hydrogen-bond donors (Lipinski definition) is 1. The van der Waals surface area contributed by atoms with Gasteiger partial charge in [-0.05, 0) is 42.9 Å². The first-order valence-electron chi connectivity index (χ1n) is 8.56. The first kappa shape index (κ1) is 16.7. The zero-order valence-electron chi connectivity index (χ0n) is 14.1. The minimum atomic E-state index is -0.440. The second-order valence-electron chi connectivity index (χ2n) is 6.56. The first-order chi connectivity index (χ1) is 11.6. The molecule has 2 heterocycles. The van der Waals surface area contributed by atoms with E-state index in [1.54, 1.807) is 6.20 Å². The molecule has 1 aromatic heterocycles. The van der Waals surface area contributed by atoms with Gasteiger partial charge in [-0.25, -0.2) is 0 Å². The van der Waals surface area contributed by atoms with Gasteiger partial charge in [0.15, 0.2) is 0 Å². The van der Waals surface area contributed by atoms with E-state index in [0.29, 0.717) is 19.5 Å². The topological polar surface area (TPSA) is 53.4 Å². The number of carbonyl (C=O) groups is 1. The van der Waals surface area contributed by atoms with E-state index in [0.717, 1.165) is 29.7 Å². The van der Waals surface area contributed by atoms with E-state index in [4.69, 9.17) is 0 Å². The lowest BCUT2D eigenvalue weighted by Crippen LogP contribution is -2.40. The van der Waals surface area contributed by atoms with Crippen molar-refractivity contribution in [3.63, 3.8) is 0 Å². The highest BCUT2D eigenvalue weighted by atomic mass is 16.3. The van der Waals surface area contributed by atoms with Crippen LogP contribution in [-0.4, -0.2) is 34.0 Å². The molecule has 126 valence electrons. The molecule has 1 atom stereocenters. The number of pyridine rings is 1. The van der Waals surface area contributed by atoms with Gasteiger partial charge < -0.3 is 10.0 Å². The monoisotopic (exact) mass is 324 g/mol. The number of aliphatic hydroxyl groups is 1. The Morgan fingerprint density at radius 1 is 1.21 bits per heavy atom. The van der Waals surface area contributed by atoms with Gasteiger partial charge in [0.05, 0.1) is 12.5 Å². The molecule has 0 bridgehead atoms. The predicted molar refractivity (Wildman–Crippen MR) is 93.4 cm³/mol. The number of nitrogens with zero attached hydrogens (tertiary/aromatic N) is 2. The summed E-state index contributed by atoms with van der Waals surface area (Å²) in [6.07, 6.45) is 3.42. The van der Waals surface area contributed by atoms with Gasteiger partial charge in [-0.1, -0.05) is 36.4 Å². The van der Waals surface area contributed by atoms with E-state index in [1.165, 1.54) is 0 Å². The standard InChI is InChI=1S/C20H24N2O2/c1-15-7-8-16(14-21-15)13-19(23)22-11-9-18(10-12-22)20(24)17-5-3-2-4-6-17/h2-8,14,18,20,24H,9-13H2,1H3/t20-/m1/s1. The molecule has 1 aromatic carbocycles. The fraction of sp³-hybridized carbons (Fsp3) is 0.400. The quantitative estimate of drug-likeness (QED) is 0.941. The Labute approximate surface area is 143 Å². The number of aromatic nitrogens is 1. The third-order valence-corrected chi connectivity index (χ3v) is 4.81. The molecule has 4 heteroatoms.